The maximum absolute atomic E-state index is 12.7. The summed E-state index contributed by atoms with van der Waals surface area (Å²) in [5.74, 6) is -2.90. The van der Waals surface area contributed by atoms with Crippen molar-refractivity contribution >= 4 is 11.9 Å². The number of hydrogen-bond acceptors (Lipinski definition) is 2. The quantitative estimate of drug-likeness (QED) is 0.810. The molecule has 0 aliphatic heterocycles. The lowest BCUT2D eigenvalue weighted by molar-refractivity contribution is -0.149. The van der Waals surface area contributed by atoms with Gasteiger partial charge in [0.25, 0.3) is 0 Å². The van der Waals surface area contributed by atoms with Gasteiger partial charge in [-0.1, -0.05) is 12.1 Å². The van der Waals surface area contributed by atoms with Crippen molar-refractivity contribution in [2.24, 2.45) is 5.92 Å². The van der Waals surface area contributed by atoms with Gasteiger partial charge in [0.1, 0.15) is 11.7 Å². The summed E-state index contributed by atoms with van der Waals surface area (Å²) >= 11 is 0. The highest BCUT2D eigenvalue weighted by atomic mass is 19.1. The number of likely N-dealkylation sites (N-methyl/N-ethyl adjacent to an activating group) is 1. The molecule has 0 spiro atoms. The van der Waals surface area contributed by atoms with Gasteiger partial charge >= 0.3 is 5.97 Å². The Labute approximate surface area is 105 Å². The lowest BCUT2D eigenvalue weighted by Crippen LogP contribution is -2.36. The zero-order chi connectivity index (χ0) is 13.7. The Morgan fingerprint density at radius 2 is 1.89 bits per heavy atom. The van der Waals surface area contributed by atoms with E-state index in [1.165, 1.54) is 24.0 Å². The average Bonchev–Trinajstić information content (AvgIpc) is 2.35. The van der Waals surface area contributed by atoms with Gasteiger partial charge in [-0.3, -0.25) is 9.59 Å². The molecule has 1 aromatic rings. The minimum atomic E-state index is -1.13. The molecule has 0 heterocycles. The van der Waals surface area contributed by atoms with Gasteiger partial charge in [-0.15, -0.1) is 0 Å². The molecule has 0 bridgehead atoms. The lowest BCUT2D eigenvalue weighted by atomic mass is 10.1. The first-order chi connectivity index (χ1) is 8.41. The van der Waals surface area contributed by atoms with E-state index < -0.39 is 17.8 Å². The Hall–Kier alpha value is -1.91. The summed E-state index contributed by atoms with van der Waals surface area (Å²) in [6.07, 6.45) is 0.564. The monoisotopic (exact) mass is 253 g/mol. The van der Waals surface area contributed by atoms with Crippen molar-refractivity contribution in [1.82, 2.24) is 4.90 Å². The van der Waals surface area contributed by atoms with Crippen molar-refractivity contribution in [2.45, 2.75) is 13.3 Å². The fourth-order valence-corrected chi connectivity index (χ4v) is 1.49. The van der Waals surface area contributed by atoms with Crippen molar-refractivity contribution in [3.8, 4) is 0 Å². The molecule has 0 aliphatic carbocycles. The molecule has 1 atom stereocenters. The summed E-state index contributed by atoms with van der Waals surface area (Å²) in [5.41, 5.74) is 0.902. The van der Waals surface area contributed by atoms with E-state index in [0.717, 1.165) is 5.56 Å². The van der Waals surface area contributed by atoms with E-state index in [0.29, 0.717) is 13.0 Å². The van der Waals surface area contributed by atoms with E-state index in [1.54, 1.807) is 19.2 Å². The third-order valence-corrected chi connectivity index (χ3v) is 2.77. The highest BCUT2D eigenvalue weighted by Gasteiger charge is 2.23. The van der Waals surface area contributed by atoms with Crippen molar-refractivity contribution < 1.29 is 19.1 Å². The standard InChI is InChI=1S/C13H16FNO3/c1-9(13(17)18)12(16)15(2)8-7-10-3-5-11(14)6-4-10/h3-6,9H,7-8H2,1-2H3,(H,17,18). The predicted molar refractivity (Wildman–Crippen MR) is 64.5 cm³/mol. The molecule has 1 amide bonds. The number of carbonyl (C=O) groups excluding carboxylic acids is 1. The van der Waals surface area contributed by atoms with Crippen LogP contribution >= 0.6 is 0 Å². The molecule has 0 saturated carbocycles. The van der Waals surface area contributed by atoms with Crippen LogP contribution in [-0.4, -0.2) is 35.5 Å². The SMILES string of the molecule is CC(C(=O)O)C(=O)N(C)CCc1ccc(F)cc1. The second-order valence-electron chi connectivity index (χ2n) is 4.20. The summed E-state index contributed by atoms with van der Waals surface area (Å²) in [5, 5.41) is 8.73. The van der Waals surface area contributed by atoms with E-state index in [2.05, 4.69) is 0 Å². The van der Waals surface area contributed by atoms with Crippen LogP contribution in [0.15, 0.2) is 24.3 Å². The van der Waals surface area contributed by atoms with Gasteiger partial charge in [-0.2, -0.15) is 0 Å². The molecule has 0 aliphatic rings. The van der Waals surface area contributed by atoms with Crippen LogP contribution in [0.25, 0.3) is 0 Å². The molecule has 5 heteroatoms. The van der Waals surface area contributed by atoms with E-state index in [1.807, 2.05) is 0 Å². The number of halogens is 1. The number of benzene rings is 1. The van der Waals surface area contributed by atoms with Gasteiger partial charge in [0.15, 0.2) is 0 Å². The smallest absolute Gasteiger partial charge is 0.315 e. The van der Waals surface area contributed by atoms with E-state index in [9.17, 15) is 14.0 Å². The zero-order valence-electron chi connectivity index (χ0n) is 10.4. The van der Waals surface area contributed by atoms with Gasteiger partial charge in [0, 0.05) is 13.6 Å². The summed E-state index contributed by atoms with van der Waals surface area (Å²) < 4.78 is 12.7. The normalized spacial score (nSPS) is 11.9. The van der Waals surface area contributed by atoms with Crippen LogP contribution in [-0.2, 0) is 16.0 Å². The second-order valence-corrected chi connectivity index (χ2v) is 4.20. The van der Waals surface area contributed by atoms with Crippen molar-refractivity contribution in [1.29, 1.82) is 0 Å². The third kappa shape index (κ3) is 3.84. The molecule has 98 valence electrons. The molecule has 1 unspecified atom stereocenters. The molecule has 0 aromatic heterocycles. The third-order valence-electron chi connectivity index (χ3n) is 2.77. The lowest BCUT2D eigenvalue weighted by Gasteiger charge is -2.19. The summed E-state index contributed by atoms with van der Waals surface area (Å²) in [4.78, 5) is 23.7. The van der Waals surface area contributed by atoms with Gasteiger partial charge in [-0.05, 0) is 31.0 Å². The first-order valence-corrected chi connectivity index (χ1v) is 5.64. The van der Waals surface area contributed by atoms with E-state index >= 15 is 0 Å². The van der Waals surface area contributed by atoms with Crippen LogP contribution in [0.1, 0.15) is 12.5 Å². The largest absolute Gasteiger partial charge is 0.481 e. The highest BCUT2D eigenvalue weighted by Crippen LogP contribution is 2.06. The van der Waals surface area contributed by atoms with Crippen LogP contribution in [0.2, 0.25) is 0 Å². The number of carbonyl (C=O) groups is 2. The molecule has 0 saturated heterocycles. The van der Waals surface area contributed by atoms with Crippen molar-refractivity contribution in [3.05, 3.63) is 35.6 Å². The molecule has 0 radical (unpaired) electrons. The topological polar surface area (TPSA) is 57.6 Å². The highest BCUT2D eigenvalue weighted by molar-refractivity contribution is 5.96. The molecular formula is C13H16FNO3. The Balaban J connectivity index is 2.50. The number of carboxylic acids is 1. The van der Waals surface area contributed by atoms with Crippen LogP contribution in [0.3, 0.4) is 0 Å². The Bertz CT molecular complexity index is 430. The average molecular weight is 253 g/mol. The minimum absolute atomic E-state index is 0.303. The molecule has 18 heavy (non-hydrogen) atoms. The van der Waals surface area contributed by atoms with Gasteiger partial charge in [-0.25, -0.2) is 4.39 Å². The van der Waals surface area contributed by atoms with Gasteiger partial charge in [0.2, 0.25) is 5.91 Å². The fourth-order valence-electron chi connectivity index (χ4n) is 1.49. The zero-order valence-corrected chi connectivity index (χ0v) is 10.4. The molecular weight excluding hydrogens is 237 g/mol. The number of amides is 1. The summed E-state index contributed by atoms with van der Waals surface area (Å²) in [6, 6.07) is 6.01. The Morgan fingerprint density at radius 3 is 2.39 bits per heavy atom. The minimum Gasteiger partial charge on any atom is -0.481 e. The molecule has 1 N–H and O–H groups in total. The van der Waals surface area contributed by atoms with Gasteiger partial charge < -0.3 is 10.0 Å². The number of carboxylic acid groups (broad SMARTS) is 1. The first kappa shape index (κ1) is 14.2. The van der Waals surface area contributed by atoms with Crippen molar-refractivity contribution in [2.75, 3.05) is 13.6 Å². The predicted octanol–water partition coefficient (Wildman–Crippen LogP) is 1.55. The number of nitrogens with zero attached hydrogens (tertiary/aromatic N) is 1. The van der Waals surface area contributed by atoms with Crippen LogP contribution in [0.4, 0.5) is 4.39 Å². The molecule has 1 aromatic carbocycles. The molecule has 4 nitrogen and oxygen atoms in total. The van der Waals surface area contributed by atoms with Crippen LogP contribution in [0, 0.1) is 11.7 Å². The number of hydrogen-bond donors (Lipinski definition) is 1. The summed E-state index contributed by atoms with van der Waals surface area (Å²) in [6.45, 7) is 1.77. The molecule has 0 fully saturated rings. The van der Waals surface area contributed by atoms with E-state index in [4.69, 9.17) is 5.11 Å². The van der Waals surface area contributed by atoms with E-state index in [-0.39, 0.29) is 5.82 Å². The maximum Gasteiger partial charge on any atom is 0.315 e. The first-order valence-electron chi connectivity index (χ1n) is 5.64. The summed E-state index contributed by atoms with van der Waals surface area (Å²) in [7, 11) is 1.56. The maximum atomic E-state index is 12.7. The number of aliphatic carboxylic acids is 1. The Kier molecular flexibility index (Phi) is 4.83. The van der Waals surface area contributed by atoms with Crippen LogP contribution in [0.5, 0.6) is 0 Å². The second kappa shape index (κ2) is 6.14. The number of rotatable bonds is 5. The van der Waals surface area contributed by atoms with Gasteiger partial charge in [0.05, 0.1) is 0 Å². The molecule has 1 rings (SSSR count). The Morgan fingerprint density at radius 1 is 1.33 bits per heavy atom. The fraction of sp³-hybridized carbons (Fsp3) is 0.385. The van der Waals surface area contributed by atoms with Crippen molar-refractivity contribution in [3.63, 3.8) is 0 Å². The van der Waals surface area contributed by atoms with Crippen LogP contribution < -0.4 is 0 Å².